The molecule has 8 heteroatoms. The molecule has 0 aliphatic carbocycles. The molecule has 2 aromatic rings. The Balaban J connectivity index is 2.00. The van der Waals surface area contributed by atoms with Crippen LogP contribution in [0.3, 0.4) is 0 Å². The highest BCUT2D eigenvalue weighted by molar-refractivity contribution is 6.36. The lowest BCUT2D eigenvalue weighted by Gasteiger charge is -2.28. The van der Waals surface area contributed by atoms with Crippen LogP contribution >= 0.6 is 23.2 Å². The van der Waals surface area contributed by atoms with Crippen molar-refractivity contribution in [3.63, 3.8) is 0 Å². The number of nitrogens with one attached hydrogen (secondary N) is 2. The topological polar surface area (TPSA) is 67.1 Å². The first-order valence-electron chi connectivity index (χ1n) is 7.57. The summed E-state index contributed by atoms with van der Waals surface area (Å²) in [7, 11) is 3.57. The van der Waals surface area contributed by atoms with E-state index in [2.05, 4.69) is 39.6 Å². The molecule has 0 radical (unpaired) electrons. The summed E-state index contributed by atoms with van der Waals surface area (Å²) in [5.74, 6) is 1.50. The fourth-order valence-corrected chi connectivity index (χ4v) is 3.31. The molecule has 2 N–H and O–H groups in total. The number of benzene rings is 1. The first kappa shape index (κ1) is 18.5. The monoisotopic (exact) mass is 368 g/mol. The molecule has 1 aromatic carbocycles. The zero-order valence-electron chi connectivity index (χ0n) is 14.3. The van der Waals surface area contributed by atoms with Gasteiger partial charge in [0, 0.05) is 36.1 Å². The molecule has 0 aliphatic rings. The van der Waals surface area contributed by atoms with Crippen LogP contribution in [0.25, 0.3) is 0 Å². The molecule has 0 unspecified atom stereocenters. The lowest BCUT2D eigenvalue weighted by molar-refractivity contribution is 0.508. The highest BCUT2D eigenvalue weighted by atomic mass is 35.5. The largest absolute Gasteiger partial charge is 0.356 e. The number of aliphatic imine (C=N–C) groups is 1. The maximum absolute atomic E-state index is 6.33. The van der Waals surface area contributed by atoms with Gasteiger partial charge in [0.05, 0.1) is 6.54 Å². The molecule has 130 valence electrons. The summed E-state index contributed by atoms with van der Waals surface area (Å²) in [4.78, 5) is 8.40. The summed E-state index contributed by atoms with van der Waals surface area (Å²) in [5.41, 5.74) is 0.655. The van der Waals surface area contributed by atoms with E-state index in [-0.39, 0.29) is 5.41 Å². The van der Waals surface area contributed by atoms with Crippen molar-refractivity contribution in [3.05, 3.63) is 46.0 Å². The van der Waals surface area contributed by atoms with Gasteiger partial charge in [0.1, 0.15) is 12.2 Å². The van der Waals surface area contributed by atoms with Crippen molar-refractivity contribution < 1.29 is 0 Å². The van der Waals surface area contributed by atoms with Crippen molar-refractivity contribution in [1.29, 1.82) is 0 Å². The Morgan fingerprint density at radius 2 is 1.92 bits per heavy atom. The van der Waals surface area contributed by atoms with E-state index in [0.29, 0.717) is 29.1 Å². The lowest BCUT2D eigenvalue weighted by atomic mass is 9.84. The second kappa shape index (κ2) is 7.85. The van der Waals surface area contributed by atoms with Crippen LogP contribution < -0.4 is 10.6 Å². The Labute approximate surface area is 152 Å². The van der Waals surface area contributed by atoms with Crippen molar-refractivity contribution >= 4 is 29.2 Å². The normalized spacial score (nSPS) is 12.3. The molecule has 1 aromatic heterocycles. The van der Waals surface area contributed by atoms with Crippen molar-refractivity contribution in [2.24, 2.45) is 12.0 Å². The number of aryl methyl sites for hydroxylation is 1. The van der Waals surface area contributed by atoms with Gasteiger partial charge in [0.15, 0.2) is 5.96 Å². The number of halogens is 2. The van der Waals surface area contributed by atoms with Crippen molar-refractivity contribution in [2.75, 3.05) is 13.6 Å². The third-order valence-corrected chi connectivity index (χ3v) is 4.41. The predicted octanol–water partition coefficient (Wildman–Crippen LogP) is 2.76. The number of hydrogen-bond donors (Lipinski definition) is 2. The average molecular weight is 369 g/mol. The van der Waals surface area contributed by atoms with E-state index in [4.69, 9.17) is 23.2 Å². The van der Waals surface area contributed by atoms with Crippen molar-refractivity contribution in [2.45, 2.75) is 25.8 Å². The standard InChI is InChI=1S/C16H22Cl2N6/c1-16(2,14-11(17)6-5-7-12(14)18)9-21-15(19-3)20-8-13-22-10-23-24(13)4/h5-7,10H,8-9H2,1-4H3,(H2,19,20,21). The van der Waals surface area contributed by atoms with Crippen molar-refractivity contribution in [1.82, 2.24) is 25.4 Å². The first-order chi connectivity index (χ1) is 11.3. The van der Waals surface area contributed by atoms with Crippen LogP contribution in [0.4, 0.5) is 0 Å². The Kier molecular flexibility index (Phi) is 6.07. The molecular formula is C16H22Cl2N6. The number of hydrogen-bond acceptors (Lipinski definition) is 3. The number of guanidine groups is 1. The molecule has 0 amide bonds. The van der Waals surface area contributed by atoms with Crippen LogP contribution in [0.2, 0.25) is 10.0 Å². The van der Waals surface area contributed by atoms with Gasteiger partial charge >= 0.3 is 0 Å². The quantitative estimate of drug-likeness (QED) is 0.628. The number of rotatable bonds is 5. The summed E-state index contributed by atoms with van der Waals surface area (Å²) in [5, 5.41) is 11.9. The third kappa shape index (κ3) is 4.39. The smallest absolute Gasteiger partial charge is 0.191 e. The van der Waals surface area contributed by atoms with Gasteiger partial charge in [-0.1, -0.05) is 43.1 Å². The Morgan fingerprint density at radius 1 is 1.25 bits per heavy atom. The molecule has 24 heavy (non-hydrogen) atoms. The van der Waals surface area contributed by atoms with Crippen LogP contribution in [0.1, 0.15) is 25.2 Å². The van der Waals surface area contributed by atoms with Crippen LogP contribution in [0.15, 0.2) is 29.5 Å². The Bertz CT molecular complexity index is 703. The van der Waals surface area contributed by atoms with Gasteiger partial charge in [0.2, 0.25) is 0 Å². The van der Waals surface area contributed by atoms with Crippen molar-refractivity contribution in [3.8, 4) is 0 Å². The molecule has 0 aliphatic heterocycles. The summed E-state index contributed by atoms with van der Waals surface area (Å²) in [6.07, 6.45) is 1.52. The van der Waals surface area contributed by atoms with Gasteiger partial charge < -0.3 is 10.6 Å². The van der Waals surface area contributed by atoms with Gasteiger partial charge in [0.25, 0.3) is 0 Å². The zero-order chi connectivity index (χ0) is 17.7. The molecule has 0 fully saturated rings. The summed E-state index contributed by atoms with van der Waals surface area (Å²) < 4.78 is 1.72. The fourth-order valence-electron chi connectivity index (χ4n) is 2.40. The van der Waals surface area contributed by atoms with E-state index >= 15 is 0 Å². The minimum absolute atomic E-state index is 0.266. The minimum Gasteiger partial charge on any atom is -0.356 e. The second-order valence-electron chi connectivity index (χ2n) is 6.06. The highest BCUT2D eigenvalue weighted by Crippen LogP contribution is 2.35. The van der Waals surface area contributed by atoms with Gasteiger partial charge in [-0.2, -0.15) is 5.10 Å². The lowest BCUT2D eigenvalue weighted by Crippen LogP contribution is -2.43. The van der Waals surface area contributed by atoms with Gasteiger partial charge in [-0.15, -0.1) is 0 Å². The molecule has 0 saturated carbocycles. The van der Waals surface area contributed by atoms with Gasteiger partial charge in [-0.3, -0.25) is 9.67 Å². The maximum Gasteiger partial charge on any atom is 0.191 e. The number of aromatic nitrogens is 3. The molecule has 0 spiro atoms. The SMILES string of the molecule is CN=C(NCc1ncnn1C)NCC(C)(C)c1c(Cl)cccc1Cl. The van der Waals surface area contributed by atoms with E-state index < -0.39 is 0 Å². The molecule has 1 heterocycles. The molecule has 0 saturated heterocycles. The van der Waals surface area contributed by atoms with Crippen LogP contribution in [-0.4, -0.2) is 34.3 Å². The molecule has 2 rings (SSSR count). The molecular weight excluding hydrogens is 347 g/mol. The van der Waals surface area contributed by atoms with E-state index in [1.165, 1.54) is 6.33 Å². The zero-order valence-corrected chi connectivity index (χ0v) is 15.8. The summed E-state index contributed by atoms with van der Waals surface area (Å²) >= 11 is 12.7. The van der Waals surface area contributed by atoms with Gasteiger partial charge in [-0.05, 0) is 17.7 Å². The molecule has 0 bridgehead atoms. The maximum atomic E-state index is 6.33. The number of nitrogens with zero attached hydrogens (tertiary/aromatic N) is 4. The van der Waals surface area contributed by atoms with Crippen LogP contribution in [-0.2, 0) is 19.0 Å². The van der Waals surface area contributed by atoms with Gasteiger partial charge in [-0.25, -0.2) is 4.98 Å². The predicted molar refractivity (Wildman–Crippen MR) is 98.7 cm³/mol. The fraction of sp³-hybridized carbons (Fsp3) is 0.438. The van der Waals surface area contributed by atoms with E-state index in [1.54, 1.807) is 11.7 Å². The second-order valence-corrected chi connectivity index (χ2v) is 6.87. The summed E-state index contributed by atoms with van der Waals surface area (Å²) in [6, 6.07) is 5.55. The van der Waals surface area contributed by atoms with E-state index in [0.717, 1.165) is 11.4 Å². The van der Waals surface area contributed by atoms with Crippen LogP contribution in [0.5, 0.6) is 0 Å². The highest BCUT2D eigenvalue weighted by Gasteiger charge is 2.26. The Morgan fingerprint density at radius 3 is 2.46 bits per heavy atom. The molecule has 6 nitrogen and oxygen atoms in total. The first-order valence-corrected chi connectivity index (χ1v) is 8.32. The Hall–Kier alpha value is -1.79. The minimum atomic E-state index is -0.266. The third-order valence-electron chi connectivity index (χ3n) is 3.78. The molecule has 0 atom stereocenters. The average Bonchev–Trinajstić information content (AvgIpc) is 2.92. The summed E-state index contributed by atoms with van der Waals surface area (Å²) in [6.45, 7) is 5.32. The van der Waals surface area contributed by atoms with E-state index in [1.807, 2.05) is 25.2 Å². The van der Waals surface area contributed by atoms with Crippen LogP contribution in [0, 0.1) is 0 Å². The van der Waals surface area contributed by atoms with E-state index in [9.17, 15) is 0 Å².